The number of aliphatic hydroxyl groups excluding tert-OH is 1. The number of hydrogen-bond acceptors (Lipinski definition) is 4. The fraction of sp³-hybridized carbons (Fsp3) is 0.600. The number of rotatable bonds is 7. The van der Waals surface area contributed by atoms with Crippen LogP contribution in [0, 0.1) is 11.8 Å². The first-order valence-corrected chi connectivity index (χ1v) is 6.89. The molecule has 0 amide bonds. The Labute approximate surface area is 115 Å². The number of nitrogens with zero attached hydrogens (tertiary/aromatic N) is 1. The second-order valence-corrected chi connectivity index (χ2v) is 5.73. The number of aliphatic hydroxyl groups is 1. The van der Waals surface area contributed by atoms with E-state index in [1.807, 2.05) is 12.1 Å². The molecule has 4 nitrogen and oxygen atoms in total. The summed E-state index contributed by atoms with van der Waals surface area (Å²) >= 11 is 0. The van der Waals surface area contributed by atoms with Crippen molar-refractivity contribution in [1.29, 1.82) is 0 Å². The van der Waals surface area contributed by atoms with Crippen LogP contribution in [0.25, 0.3) is 0 Å². The van der Waals surface area contributed by atoms with Crippen LogP contribution in [0.3, 0.4) is 0 Å². The summed E-state index contributed by atoms with van der Waals surface area (Å²) in [6.07, 6.45) is 0.860. The van der Waals surface area contributed by atoms with Crippen molar-refractivity contribution in [3.63, 3.8) is 0 Å². The van der Waals surface area contributed by atoms with E-state index in [9.17, 15) is 5.11 Å². The predicted octanol–water partition coefficient (Wildman–Crippen LogP) is 1.60. The average molecular weight is 264 g/mol. The number of hydrogen-bond donors (Lipinski definition) is 2. The molecule has 3 N–H and O–H groups in total. The molecule has 0 bridgehead atoms. The van der Waals surface area contributed by atoms with E-state index in [2.05, 4.69) is 18.9 Å². The molecule has 19 heavy (non-hydrogen) atoms. The van der Waals surface area contributed by atoms with E-state index in [1.165, 1.54) is 6.42 Å². The van der Waals surface area contributed by atoms with Crippen LogP contribution in [0.15, 0.2) is 24.3 Å². The van der Waals surface area contributed by atoms with Gasteiger partial charge in [-0.3, -0.25) is 0 Å². The predicted molar refractivity (Wildman–Crippen MR) is 77.1 cm³/mol. The minimum Gasteiger partial charge on any atom is -0.491 e. The minimum absolute atomic E-state index is 0.314. The summed E-state index contributed by atoms with van der Waals surface area (Å²) in [7, 11) is 2.05. The van der Waals surface area contributed by atoms with Gasteiger partial charge in [-0.2, -0.15) is 0 Å². The Bertz CT molecular complexity index is 394. The highest BCUT2D eigenvalue weighted by molar-refractivity contribution is 5.41. The lowest BCUT2D eigenvalue weighted by molar-refractivity contribution is 0.0748. The minimum atomic E-state index is -0.461. The van der Waals surface area contributed by atoms with Gasteiger partial charge in [0.15, 0.2) is 0 Å². The van der Waals surface area contributed by atoms with Gasteiger partial charge >= 0.3 is 0 Å². The number of ether oxygens (including phenoxy) is 1. The molecule has 0 aliphatic heterocycles. The SMILES string of the molecule is CC1CC1CN(C)CC(O)COc1ccc(N)cc1. The molecule has 0 spiro atoms. The molecule has 0 radical (unpaired) electrons. The lowest BCUT2D eigenvalue weighted by Gasteiger charge is -2.20. The molecule has 106 valence electrons. The standard InChI is InChI=1S/C15H24N2O2/c1-11-7-12(11)8-17(2)9-14(18)10-19-15-5-3-13(16)4-6-15/h3-6,11-12,14,18H,7-10,16H2,1-2H3. The maximum atomic E-state index is 9.94. The van der Waals surface area contributed by atoms with E-state index in [0.29, 0.717) is 18.8 Å². The molecule has 0 heterocycles. The average Bonchev–Trinajstić information content (AvgIpc) is 3.04. The highest BCUT2D eigenvalue weighted by Crippen LogP contribution is 2.37. The summed E-state index contributed by atoms with van der Waals surface area (Å²) in [6, 6.07) is 7.22. The maximum absolute atomic E-state index is 9.94. The van der Waals surface area contributed by atoms with E-state index in [-0.39, 0.29) is 0 Å². The van der Waals surface area contributed by atoms with Gasteiger partial charge in [0.25, 0.3) is 0 Å². The van der Waals surface area contributed by atoms with Gasteiger partial charge in [-0.05, 0) is 49.6 Å². The van der Waals surface area contributed by atoms with Crippen molar-refractivity contribution < 1.29 is 9.84 Å². The van der Waals surface area contributed by atoms with Crippen molar-refractivity contribution in [2.45, 2.75) is 19.4 Å². The van der Waals surface area contributed by atoms with Crippen LogP contribution in [0.5, 0.6) is 5.75 Å². The quantitative estimate of drug-likeness (QED) is 0.734. The topological polar surface area (TPSA) is 58.7 Å². The van der Waals surface area contributed by atoms with Crippen LogP contribution in [0.2, 0.25) is 0 Å². The zero-order valence-electron chi connectivity index (χ0n) is 11.7. The molecule has 1 saturated carbocycles. The molecule has 0 saturated heterocycles. The van der Waals surface area contributed by atoms with Crippen LogP contribution in [-0.2, 0) is 0 Å². The van der Waals surface area contributed by atoms with Crippen LogP contribution in [0.1, 0.15) is 13.3 Å². The molecular weight excluding hydrogens is 240 g/mol. The van der Waals surface area contributed by atoms with Crippen molar-refractivity contribution in [2.24, 2.45) is 11.8 Å². The number of nitrogen functional groups attached to an aromatic ring is 1. The van der Waals surface area contributed by atoms with Gasteiger partial charge in [0.05, 0.1) is 0 Å². The summed E-state index contributed by atoms with van der Waals surface area (Å²) in [4.78, 5) is 2.19. The first-order valence-electron chi connectivity index (χ1n) is 6.89. The summed E-state index contributed by atoms with van der Waals surface area (Å²) < 4.78 is 5.53. The van der Waals surface area contributed by atoms with Crippen molar-refractivity contribution >= 4 is 5.69 Å². The molecule has 1 aliphatic carbocycles. The number of benzene rings is 1. The second kappa shape index (κ2) is 6.26. The lowest BCUT2D eigenvalue weighted by atomic mass is 10.3. The third-order valence-corrected chi connectivity index (χ3v) is 3.67. The van der Waals surface area contributed by atoms with Gasteiger partial charge in [-0.25, -0.2) is 0 Å². The van der Waals surface area contributed by atoms with Crippen molar-refractivity contribution in [1.82, 2.24) is 4.90 Å². The number of nitrogens with two attached hydrogens (primary N) is 1. The highest BCUT2D eigenvalue weighted by atomic mass is 16.5. The Morgan fingerprint density at radius 1 is 1.42 bits per heavy atom. The monoisotopic (exact) mass is 264 g/mol. The third kappa shape index (κ3) is 4.73. The zero-order chi connectivity index (χ0) is 13.8. The normalized spacial score (nSPS) is 23.4. The Morgan fingerprint density at radius 3 is 2.63 bits per heavy atom. The van der Waals surface area contributed by atoms with Gasteiger partial charge in [0.1, 0.15) is 18.5 Å². The molecule has 1 fully saturated rings. The molecule has 3 atom stereocenters. The van der Waals surface area contributed by atoms with Crippen molar-refractivity contribution in [3.8, 4) is 5.75 Å². The van der Waals surface area contributed by atoms with E-state index < -0.39 is 6.10 Å². The Hall–Kier alpha value is -1.26. The lowest BCUT2D eigenvalue weighted by Crippen LogP contribution is -2.34. The van der Waals surface area contributed by atoms with Crippen LogP contribution < -0.4 is 10.5 Å². The summed E-state index contributed by atoms with van der Waals surface area (Å²) in [5, 5.41) is 9.94. The molecule has 4 heteroatoms. The van der Waals surface area contributed by atoms with E-state index >= 15 is 0 Å². The molecular formula is C15H24N2O2. The van der Waals surface area contributed by atoms with Crippen LogP contribution in [0.4, 0.5) is 5.69 Å². The Kier molecular flexibility index (Phi) is 4.66. The molecule has 1 aromatic rings. The van der Waals surface area contributed by atoms with E-state index in [4.69, 9.17) is 10.5 Å². The first kappa shape index (κ1) is 14.2. The molecule has 1 aliphatic rings. The number of likely N-dealkylation sites (N-methyl/N-ethyl adjacent to an activating group) is 1. The van der Waals surface area contributed by atoms with E-state index in [0.717, 1.165) is 24.1 Å². The molecule has 3 unspecified atom stereocenters. The second-order valence-electron chi connectivity index (χ2n) is 5.73. The summed E-state index contributed by atoms with van der Waals surface area (Å²) in [6.45, 7) is 4.31. The van der Waals surface area contributed by atoms with Crippen LogP contribution >= 0.6 is 0 Å². The molecule has 0 aromatic heterocycles. The van der Waals surface area contributed by atoms with Crippen molar-refractivity contribution in [3.05, 3.63) is 24.3 Å². The maximum Gasteiger partial charge on any atom is 0.119 e. The molecule has 2 rings (SSSR count). The smallest absolute Gasteiger partial charge is 0.119 e. The van der Waals surface area contributed by atoms with Gasteiger partial charge in [-0.15, -0.1) is 0 Å². The zero-order valence-corrected chi connectivity index (χ0v) is 11.7. The summed E-state index contributed by atoms with van der Waals surface area (Å²) in [5.74, 6) is 2.41. The largest absolute Gasteiger partial charge is 0.491 e. The highest BCUT2D eigenvalue weighted by Gasteiger charge is 2.33. The van der Waals surface area contributed by atoms with Gasteiger partial charge in [-0.1, -0.05) is 6.92 Å². The van der Waals surface area contributed by atoms with Gasteiger partial charge < -0.3 is 20.5 Å². The summed E-state index contributed by atoms with van der Waals surface area (Å²) in [5.41, 5.74) is 6.31. The van der Waals surface area contributed by atoms with Gasteiger partial charge in [0, 0.05) is 18.8 Å². The fourth-order valence-corrected chi connectivity index (χ4v) is 2.30. The van der Waals surface area contributed by atoms with Gasteiger partial charge in [0.2, 0.25) is 0 Å². The number of anilines is 1. The van der Waals surface area contributed by atoms with Crippen molar-refractivity contribution in [2.75, 3.05) is 32.5 Å². The third-order valence-electron chi connectivity index (χ3n) is 3.67. The first-order chi connectivity index (χ1) is 9.04. The Balaban J connectivity index is 1.66. The van der Waals surface area contributed by atoms with E-state index in [1.54, 1.807) is 12.1 Å². The molecule has 1 aromatic carbocycles. The fourth-order valence-electron chi connectivity index (χ4n) is 2.30. The Morgan fingerprint density at radius 2 is 2.05 bits per heavy atom. The van der Waals surface area contributed by atoms with Crippen LogP contribution in [-0.4, -0.2) is 42.9 Å².